The van der Waals surface area contributed by atoms with E-state index in [2.05, 4.69) is 20.8 Å². The zero-order valence-corrected chi connectivity index (χ0v) is 3.90. The number of carbonyl (C=O) groups is 1. The smallest absolute Gasteiger partial charge is 0.250 e. The number of rotatable bonds is 1. The van der Waals surface area contributed by atoms with Gasteiger partial charge in [-0.1, -0.05) is 0 Å². The van der Waals surface area contributed by atoms with Gasteiger partial charge in [-0.3, -0.25) is 10.1 Å². The van der Waals surface area contributed by atoms with Gasteiger partial charge in [-0.2, -0.15) is 4.99 Å². The van der Waals surface area contributed by atoms with Gasteiger partial charge in [0.15, 0.2) is 0 Å². The monoisotopic (exact) mass is 111 g/mol. The molecular formula is C3H3N4O. The van der Waals surface area contributed by atoms with Gasteiger partial charge >= 0.3 is 0 Å². The SMILES string of the molecule is O=CNC1=N[N]C=N1. The van der Waals surface area contributed by atoms with Gasteiger partial charge < -0.3 is 0 Å². The van der Waals surface area contributed by atoms with E-state index in [1.54, 1.807) is 0 Å². The molecule has 1 radical (unpaired) electrons. The molecule has 0 bridgehead atoms. The van der Waals surface area contributed by atoms with Crippen molar-refractivity contribution in [2.24, 2.45) is 10.1 Å². The number of guanidine groups is 1. The standard InChI is InChI=1S/C3H3N4O/c8-2-5-3-4-1-6-7-3/h1-2H,(H,5,7,8). The first-order chi connectivity index (χ1) is 3.93. The summed E-state index contributed by atoms with van der Waals surface area (Å²) in [6.45, 7) is 0. The quantitative estimate of drug-likeness (QED) is 0.417. The Bertz CT molecular complexity index is 149. The molecule has 0 aromatic heterocycles. The van der Waals surface area contributed by atoms with Crippen LogP contribution in [-0.4, -0.2) is 18.7 Å². The fourth-order valence-electron chi connectivity index (χ4n) is 0.306. The second-order valence-electron chi connectivity index (χ2n) is 1.05. The van der Waals surface area contributed by atoms with E-state index in [9.17, 15) is 4.79 Å². The summed E-state index contributed by atoms with van der Waals surface area (Å²) >= 11 is 0. The molecule has 0 saturated heterocycles. The lowest BCUT2D eigenvalue weighted by Gasteiger charge is -1.84. The van der Waals surface area contributed by atoms with Gasteiger partial charge in [0.2, 0.25) is 6.41 Å². The molecule has 0 unspecified atom stereocenters. The Morgan fingerprint density at radius 1 is 1.75 bits per heavy atom. The van der Waals surface area contributed by atoms with Crippen molar-refractivity contribution in [3.63, 3.8) is 0 Å². The molecule has 1 N–H and O–H groups in total. The Labute approximate surface area is 45.5 Å². The van der Waals surface area contributed by atoms with Crippen LogP contribution < -0.4 is 10.7 Å². The minimum Gasteiger partial charge on any atom is -0.296 e. The minimum atomic E-state index is 0.236. The fraction of sp³-hybridized carbons (Fsp3) is 0. The second kappa shape index (κ2) is 2.06. The van der Waals surface area contributed by atoms with Gasteiger partial charge in [-0.25, -0.2) is 0 Å². The van der Waals surface area contributed by atoms with E-state index >= 15 is 0 Å². The van der Waals surface area contributed by atoms with Crippen LogP contribution in [0, 0.1) is 0 Å². The second-order valence-corrected chi connectivity index (χ2v) is 1.05. The number of carbonyl (C=O) groups excluding carboxylic acids is 1. The molecule has 0 fully saturated rings. The van der Waals surface area contributed by atoms with Crippen molar-refractivity contribution in [3.05, 3.63) is 0 Å². The maximum atomic E-state index is 9.65. The van der Waals surface area contributed by atoms with E-state index in [-0.39, 0.29) is 5.96 Å². The normalized spacial score (nSPS) is 14.8. The lowest BCUT2D eigenvalue weighted by atomic mass is 11.0. The molecule has 0 aromatic rings. The molecular weight excluding hydrogens is 108 g/mol. The van der Waals surface area contributed by atoms with Crippen LogP contribution in [0.4, 0.5) is 0 Å². The predicted octanol–water partition coefficient (Wildman–Crippen LogP) is -1.35. The first-order valence-electron chi connectivity index (χ1n) is 1.94. The number of hydrogen-bond acceptors (Lipinski definition) is 3. The summed E-state index contributed by atoms with van der Waals surface area (Å²) in [5.41, 5.74) is 3.36. The maximum absolute atomic E-state index is 9.65. The van der Waals surface area contributed by atoms with E-state index < -0.39 is 0 Å². The Morgan fingerprint density at radius 3 is 3.12 bits per heavy atom. The highest BCUT2D eigenvalue weighted by atomic mass is 16.1. The summed E-state index contributed by atoms with van der Waals surface area (Å²) in [4.78, 5) is 13.2. The third-order valence-electron chi connectivity index (χ3n) is 0.572. The van der Waals surface area contributed by atoms with Crippen LogP contribution in [0.5, 0.6) is 0 Å². The van der Waals surface area contributed by atoms with Gasteiger partial charge in [0.05, 0.1) is 0 Å². The van der Waals surface area contributed by atoms with Crippen molar-refractivity contribution in [3.8, 4) is 0 Å². The van der Waals surface area contributed by atoms with Crippen molar-refractivity contribution >= 4 is 18.7 Å². The lowest BCUT2D eigenvalue weighted by Crippen LogP contribution is -2.17. The zero-order chi connectivity index (χ0) is 5.82. The van der Waals surface area contributed by atoms with E-state index in [0.29, 0.717) is 6.41 Å². The summed E-state index contributed by atoms with van der Waals surface area (Å²) in [6.07, 6.45) is 1.75. The first kappa shape index (κ1) is 4.76. The largest absolute Gasteiger partial charge is 0.296 e. The van der Waals surface area contributed by atoms with Crippen molar-refractivity contribution in [2.45, 2.75) is 0 Å². The summed E-state index contributed by atoms with van der Waals surface area (Å²) in [5.74, 6) is 0.236. The van der Waals surface area contributed by atoms with E-state index in [0.717, 1.165) is 0 Å². The molecule has 0 atom stereocenters. The number of amides is 1. The summed E-state index contributed by atoms with van der Waals surface area (Å²) in [6, 6.07) is 0. The Hall–Kier alpha value is -1.39. The van der Waals surface area contributed by atoms with Crippen LogP contribution in [-0.2, 0) is 4.79 Å². The highest BCUT2D eigenvalue weighted by molar-refractivity contribution is 5.96. The molecule has 1 amide bonds. The number of hydrogen-bond donors (Lipinski definition) is 1. The third kappa shape index (κ3) is 0.810. The van der Waals surface area contributed by atoms with E-state index in [1.165, 1.54) is 6.34 Å². The Balaban J connectivity index is 2.45. The van der Waals surface area contributed by atoms with Crippen LogP contribution in [0.3, 0.4) is 0 Å². The first-order valence-corrected chi connectivity index (χ1v) is 1.94. The molecule has 0 aromatic carbocycles. The van der Waals surface area contributed by atoms with E-state index in [4.69, 9.17) is 0 Å². The minimum absolute atomic E-state index is 0.236. The number of aliphatic imine (C=N–C) groups is 1. The van der Waals surface area contributed by atoms with Gasteiger partial charge in [0, 0.05) is 0 Å². The number of nitrogens with zero attached hydrogens (tertiary/aromatic N) is 3. The van der Waals surface area contributed by atoms with Crippen LogP contribution >= 0.6 is 0 Å². The molecule has 5 heteroatoms. The summed E-state index contributed by atoms with van der Waals surface area (Å²) < 4.78 is 0. The zero-order valence-electron chi connectivity index (χ0n) is 3.90. The van der Waals surface area contributed by atoms with Gasteiger partial charge in [-0.05, 0) is 0 Å². The van der Waals surface area contributed by atoms with Crippen LogP contribution in [0.15, 0.2) is 10.1 Å². The molecule has 0 aliphatic carbocycles. The highest BCUT2D eigenvalue weighted by Gasteiger charge is 1.96. The molecule has 0 spiro atoms. The van der Waals surface area contributed by atoms with E-state index in [1.807, 2.05) is 0 Å². The molecule has 1 aliphatic heterocycles. The average Bonchev–Trinajstić information content (AvgIpc) is 2.19. The predicted molar refractivity (Wildman–Crippen MR) is 27.3 cm³/mol. The number of nitrogens with one attached hydrogen (secondary N) is 1. The molecule has 41 valence electrons. The molecule has 1 aliphatic rings. The van der Waals surface area contributed by atoms with Crippen molar-refractivity contribution in [1.29, 1.82) is 0 Å². The van der Waals surface area contributed by atoms with Gasteiger partial charge in [-0.15, -0.1) is 10.5 Å². The maximum Gasteiger partial charge on any atom is 0.250 e. The third-order valence-corrected chi connectivity index (χ3v) is 0.572. The van der Waals surface area contributed by atoms with Gasteiger partial charge in [0.1, 0.15) is 6.34 Å². The van der Waals surface area contributed by atoms with Crippen LogP contribution in [0.2, 0.25) is 0 Å². The van der Waals surface area contributed by atoms with Crippen LogP contribution in [0.25, 0.3) is 0 Å². The molecule has 5 nitrogen and oxygen atoms in total. The Morgan fingerprint density at radius 2 is 2.62 bits per heavy atom. The topological polar surface area (TPSA) is 67.9 Å². The van der Waals surface area contributed by atoms with Crippen LogP contribution in [0.1, 0.15) is 0 Å². The molecule has 1 rings (SSSR count). The highest BCUT2D eigenvalue weighted by Crippen LogP contribution is 1.78. The lowest BCUT2D eigenvalue weighted by molar-refractivity contribution is -0.108. The average molecular weight is 111 g/mol. The fourth-order valence-corrected chi connectivity index (χ4v) is 0.306. The summed E-state index contributed by atoms with van der Waals surface area (Å²) in [7, 11) is 0. The Kier molecular flexibility index (Phi) is 1.23. The van der Waals surface area contributed by atoms with Crippen molar-refractivity contribution < 1.29 is 4.79 Å². The molecule has 0 saturated carbocycles. The van der Waals surface area contributed by atoms with Crippen molar-refractivity contribution in [1.82, 2.24) is 10.7 Å². The molecule has 1 heterocycles. The van der Waals surface area contributed by atoms with Crippen molar-refractivity contribution in [2.75, 3.05) is 0 Å². The summed E-state index contributed by atoms with van der Waals surface area (Å²) in [5, 5.41) is 5.62. The molecule has 8 heavy (non-hydrogen) atoms. The van der Waals surface area contributed by atoms with Gasteiger partial charge in [0.25, 0.3) is 5.96 Å².